The number of aromatic nitrogens is 1. The fraction of sp³-hybridized carbons (Fsp3) is 0.406. The number of nitrogens with one attached hydrogen (secondary N) is 2. The lowest BCUT2D eigenvalue weighted by Gasteiger charge is -2.31. The first-order chi connectivity index (χ1) is 19.0. The lowest BCUT2D eigenvalue weighted by molar-refractivity contribution is -0.116. The second-order valence-electron chi connectivity index (χ2n) is 10.1. The summed E-state index contributed by atoms with van der Waals surface area (Å²) in [6, 6.07) is 12.7. The van der Waals surface area contributed by atoms with Crippen molar-refractivity contribution in [2.75, 3.05) is 53.3 Å². The molecule has 1 amide bonds. The van der Waals surface area contributed by atoms with E-state index in [1.165, 1.54) is 16.5 Å². The number of nitrogens with zero attached hydrogens (tertiary/aromatic N) is 1. The summed E-state index contributed by atoms with van der Waals surface area (Å²) >= 11 is 0. The van der Waals surface area contributed by atoms with Gasteiger partial charge in [0, 0.05) is 43.4 Å². The third kappa shape index (κ3) is 8.30. The molecule has 0 spiro atoms. The number of likely N-dealkylation sites (tertiary alicyclic amines) is 1. The number of fused-ring (bicyclic) bond motifs is 1. The highest BCUT2D eigenvalue weighted by molar-refractivity contribution is 5.88. The molecule has 0 aliphatic carbocycles. The molecular weight excluding hydrogens is 490 g/mol. The maximum Gasteiger partial charge on any atom is 0.244 e. The minimum Gasteiger partial charge on any atom is -0.467 e. The van der Waals surface area contributed by atoms with Gasteiger partial charge in [0.25, 0.3) is 0 Å². The number of amides is 1. The Morgan fingerprint density at radius 2 is 1.87 bits per heavy atom. The van der Waals surface area contributed by atoms with Gasteiger partial charge in [0.15, 0.2) is 6.79 Å². The van der Waals surface area contributed by atoms with E-state index in [1.54, 1.807) is 19.3 Å². The van der Waals surface area contributed by atoms with E-state index in [4.69, 9.17) is 14.2 Å². The van der Waals surface area contributed by atoms with Crippen LogP contribution in [-0.2, 0) is 14.3 Å². The number of allylic oxidation sites excluding steroid dienone is 2. The van der Waals surface area contributed by atoms with Crippen molar-refractivity contribution in [3.63, 3.8) is 0 Å². The highest BCUT2D eigenvalue weighted by Gasteiger charge is 2.22. The number of aryl methyl sites for hydroxylation is 2. The molecule has 4 rings (SSSR count). The summed E-state index contributed by atoms with van der Waals surface area (Å²) in [5.74, 6) is 1.36. The van der Waals surface area contributed by atoms with Gasteiger partial charge < -0.3 is 29.4 Å². The van der Waals surface area contributed by atoms with Crippen LogP contribution in [0.1, 0.15) is 41.0 Å². The highest BCUT2D eigenvalue weighted by Crippen LogP contribution is 2.33. The van der Waals surface area contributed by atoms with Crippen molar-refractivity contribution >= 4 is 22.9 Å². The van der Waals surface area contributed by atoms with Crippen LogP contribution in [0.2, 0.25) is 0 Å². The van der Waals surface area contributed by atoms with Crippen LogP contribution in [0.5, 0.6) is 5.75 Å². The van der Waals surface area contributed by atoms with Gasteiger partial charge in [0.2, 0.25) is 5.91 Å². The number of ether oxygens (including phenoxy) is 3. The predicted octanol–water partition coefficient (Wildman–Crippen LogP) is 5.35. The van der Waals surface area contributed by atoms with E-state index in [-0.39, 0.29) is 12.7 Å². The number of hydrogen-bond acceptors (Lipinski definition) is 5. The second kappa shape index (κ2) is 14.7. The Morgan fingerprint density at radius 1 is 1.10 bits per heavy atom. The van der Waals surface area contributed by atoms with Gasteiger partial charge in [-0.3, -0.25) is 4.79 Å². The molecule has 0 radical (unpaired) electrons. The summed E-state index contributed by atoms with van der Waals surface area (Å²) in [6.07, 6.45) is 11.7. The van der Waals surface area contributed by atoms with E-state index in [0.717, 1.165) is 54.9 Å². The number of H-pyrrole nitrogens is 1. The Hall–Kier alpha value is -3.39. The van der Waals surface area contributed by atoms with E-state index in [1.807, 2.05) is 26.0 Å². The molecule has 7 heteroatoms. The number of para-hydroxylation sites is 1. The first-order valence-electron chi connectivity index (χ1n) is 13.8. The zero-order chi connectivity index (χ0) is 27.5. The molecule has 0 saturated carbocycles. The van der Waals surface area contributed by atoms with Crippen LogP contribution in [0.3, 0.4) is 0 Å². The predicted molar refractivity (Wildman–Crippen MR) is 157 cm³/mol. The van der Waals surface area contributed by atoms with Crippen LogP contribution in [-0.4, -0.2) is 69.1 Å². The molecule has 1 fully saturated rings. The van der Waals surface area contributed by atoms with Crippen LogP contribution < -0.4 is 10.1 Å². The first kappa shape index (κ1) is 28.6. The van der Waals surface area contributed by atoms with Gasteiger partial charge in [-0.1, -0.05) is 36.4 Å². The fourth-order valence-electron chi connectivity index (χ4n) is 5.21. The lowest BCUT2D eigenvalue weighted by atomic mass is 9.89. The van der Waals surface area contributed by atoms with E-state index >= 15 is 0 Å². The molecule has 7 nitrogen and oxygen atoms in total. The van der Waals surface area contributed by atoms with Gasteiger partial charge in [-0.05, 0) is 86.1 Å². The molecule has 2 aromatic carbocycles. The number of carbonyl (C=O) groups is 1. The fourth-order valence-corrected chi connectivity index (χ4v) is 5.21. The molecule has 39 heavy (non-hydrogen) atoms. The molecule has 0 atom stereocenters. The largest absolute Gasteiger partial charge is 0.467 e. The minimum absolute atomic E-state index is 0.0714. The number of benzene rings is 2. The molecule has 0 unspecified atom stereocenters. The molecule has 2 heterocycles. The number of aromatic amines is 1. The highest BCUT2D eigenvalue weighted by atomic mass is 16.7. The van der Waals surface area contributed by atoms with Crippen molar-refractivity contribution in [1.29, 1.82) is 0 Å². The second-order valence-corrected chi connectivity index (χ2v) is 10.1. The van der Waals surface area contributed by atoms with Crippen LogP contribution in [0, 0.1) is 13.8 Å². The maximum atomic E-state index is 12.3. The van der Waals surface area contributed by atoms with Gasteiger partial charge in [0.1, 0.15) is 5.75 Å². The van der Waals surface area contributed by atoms with Crippen LogP contribution in [0.4, 0.5) is 0 Å². The minimum atomic E-state index is -0.0714. The summed E-state index contributed by atoms with van der Waals surface area (Å²) < 4.78 is 16.1. The maximum absolute atomic E-state index is 12.3. The Labute approximate surface area is 231 Å². The lowest BCUT2D eigenvalue weighted by Crippen LogP contribution is -2.38. The summed E-state index contributed by atoms with van der Waals surface area (Å²) in [6.45, 7) is 8.92. The van der Waals surface area contributed by atoms with E-state index < -0.39 is 0 Å². The van der Waals surface area contributed by atoms with E-state index in [0.29, 0.717) is 25.7 Å². The molecular formula is C32H41N3O4. The Bertz CT molecular complexity index is 1250. The normalized spacial score (nSPS) is 15.1. The average Bonchev–Trinajstić information content (AvgIpc) is 3.37. The van der Waals surface area contributed by atoms with E-state index in [9.17, 15) is 4.79 Å². The third-order valence-corrected chi connectivity index (χ3v) is 7.22. The zero-order valence-corrected chi connectivity index (χ0v) is 23.4. The third-order valence-electron chi connectivity index (χ3n) is 7.22. The molecule has 1 aliphatic rings. The van der Waals surface area contributed by atoms with Gasteiger partial charge in [-0.25, -0.2) is 0 Å². The molecule has 1 aliphatic heterocycles. The molecule has 0 bridgehead atoms. The van der Waals surface area contributed by atoms with Crippen molar-refractivity contribution in [1.82, 2.24) is 15.2 Å². The summed E-state index contributed by atoms with van der Waals surface area (Å²) in [7, 11) is 1.64. The van der Waals surface area contributed by atoms with Gasteiger partial charge in [-0.2, -0.15) is 0 Å². The van der Waals surface area contributed by atoms with Crippen molar-refractivity contribution in [2.45, 2.75) is 32.6 Å². The van der Waals surface area contributed by atoms with Crippen molar-refractivity contribution in [3.8, 4) is 5.75 Å². The number of piperidine rings is 1. The molecule has 2 N–H and O–H groups in total. The van der Waals surface area contributed by atoms with Crippen LogP contribution in [0.15, 0.2) is 60.8 Å². The van der Waals surface area contributed by atoms with Crippen LogP contribution in [0.25, 0.3) is 17.0 Å². The van der Waals surface area contributed by atoms with Gasteiger partial charge >= 0.3 is 0 Å². The van der Waals surface area contributed by atoms with Crippen molar-refractivity contribution in [2.24, 2.45) is 0 Å². The van der Waals surface area contributed by atoms with Gasteiger partial charge in [-0.15, -0.1) is 0 Å². The number of hydrogen-bond donors (Lipinski definition) is 2. The van der Waals surface area contributed by atoms with Crippen molar-refractivity contribution in [3.05, 3.63) is 83.1 Å². The summed E-state index contributed by atoms with van der Waals surface area (Å²) in [5.41, 5.74) is 5.79. The Kier molecular flexibility index (Phi) is 10.8. The summed E-state index contributed by atoms with van der Waals surface area (Å²) in [5, 5.41) is 4.35. The SMILES string of the molecule is COCCOCOc1c(C)cc(C=CC=CC(=O)NCCN2CCC(c3c[nH]c4ccccc34)CC2)cc1C. The number of carbonyl (C=O) groups excluding carboxylic acids is 1. The number of rotatable bonds is 13. The van der Waals surface area contributed by atoms with Crippen LogP contribution >= 0.6 is 0 Å². The average molecular weight is 532 g/mol. The first-order valence-corrected chi connectivity index (χ1v) is 13.8. The quantitative estimate of drug-likeness (QED) is 0.135. The molecule has 3 aromatic rings. The topological polar surface area (TPSA) is 75.8 Å². The summed E-state index contributed by atoms with van der Waals surface area (Å²) in [4.78, 5) is 18.1. The monoisotopic (exact) mass is 531 g/mol. The zero-order valence-electron chi connectivity index (χ0n) is 23.4. The van der Waals surface area contributed by atoms with Gasteiger partial charge in [0.05, 0.1) is 13.2 Å². The molecule has 1 aromatic heterocycles. The smallest absolute Gasteiger partial charge is 0.244 e. The molecule has 208 valence electrons. The van der Waals surface area contributed by atoms with Crippen molar-refractivity contribution < 1.29 is 19.0 Å². The van der Waals surface area contributed by atoms with E-state index in [2.05, 4.69) is 57.8 Å². The number of methoxy groups -OCH3 is 1. The standard InChI is InChI=1S/C32H41N3O4/c1-24-20-26(21-25(2)32(24)39-23-38-19-18-37-3)8-4-7-11-31(36)33-14-17-35-15-12-27(13-16-35)29-22-34-30-10-6-5-9-28(29)30/h4-11,20-22,27,34H,12-19,23H2,1-3H3,(H,33,36). The molecule has 1 saturated heterocycles. The Morgan fingerprint density at radius 3 is 2.64 bits per heavy atom. The Balaban J connectivity index is 1.15.